The minimum atomic E-state index is -3.60. The van der Waals surface area contributed by atoms with Crippen LogP contribution in [0.4, 0.5) is 0 Å². The zero-order valence-electron chi connectivity index (χ0n) is 17.8. The number of carbonyl (C=O) groups excluding carboxylic acids is 2. The Morgan fingerprint density at radius 1 is 1.10 bits per heavy atom. The summed E-state index contributed by atoms with van der Waals surface area (Å²) in [5.74, 6) is -0.136. The first-order valence-corrected chi connectivity index (χ1v) is 11.5. The highest BCUT2D eigenvalue weighted by atomic mass is 32.2. The topological polar surface area (TPSA) is 92.8 Å². The second kappa shape index (κ2) is 9.71. The maximum atomic E-state index is 12.9. The van der Waals surface area contributed by atoms with Crippen molar-refractivity contribution in [1.82, 2.24) is 9.62 Å². The minimum absolute atomic E-state index is 0.0223. The summed E-state index contributed by atoms with van der Waals surface area (Å²) < 4.78 is 32.3. The summed E-state index contributed by atoms with van der Waals surface area (Å²) in [4.78, 5) is 24.1. The number of carbonyl (C=O) groups is 2. The Morgan fingerprint density at radius 2 is 1.66 bits per heavy atom. The van der Waals surface area contributed by atoms with Crippen LogP contribution in [-0.2, 0) is 19.6 Å². The largest absolute Gasteiger partial charge is 0.452 e. The molecule has 1 fully saturated rings. The van der Waals surface area contributed by atoms with Crippen molar-refractivity contribution in [3.63, 3.8) is 0 Å². The zero-order valence-corrected chi connectivity index (χ0v) is 18.7. The number of piperidine rings is 1. The van der Waals surface area contributed by atoms with E-state index in [2.05, 4.69) is 19.2 Å². The summed E-state index contributed by atoms with van der Waals surface area (Å²) >= 11 is 0. The van der Waals surface area contributed by atoms with Crippen molar-refractivity contribution < 1.29 is 22.7 Å². The lowest BCUT2D eigenvalue weighted by Gasteiger charge is -2.34. The molecular formula is C21H32N2O5S. The first kappa shape index (κ1) is 23.3. The number of esters is 1. The molecule has 0 saturated carbocycles. The lowest BCUT2D eigenvalue weighted by Crippen LogP contribution is -2.42. The smallest absolute Gasteiger partial charge is 0.338 e. The van der Waals surface area contributed by atoms with Gasteiger partial charge >= 0.3 is 5.97 Å². The fourth-order valence-electron chi connectivity index (χ4n) is 3.39. The van der Waals surface area contributed by atoms with Gasteiger partial charge in [0.15, 0.2) is 6.61 Å². The average Bonchev–Trinajstić information content (AvgIpc) is 2.65. The molecule has 1 aromatic carbocycles. The standard InChI is InChI=1S/C21H32N2O5S/c1-14(2)17(5)22-20(24)13-28-21(25)18-6-8-19(9-7-18)29(26,27)23-11-15(3)10-16(4)12-23/h6-9,14-17H,10-13H2,1-5H3,(H,22,24)/t15-,16-,17+/m1/s1. The molecule has 0 aliphatic carbocycles. The van der Waals surface area contributed by atoms with Gasteiger partial charge in [-0.2, -0.15) is 4.31 Å². The molecule has 29 heavy (non-hydrogen) atoms. The van der Waals surface area contributed by atoms with Gasteiger partial charge in [0.2, 0.25) is 10.0 Å². The van der Waals surface area contributed by atoms with Gasteiger partial charge in [-0.1, -0.05) is 27.7 Å². The third kappa shape index (κ3) is 6.27. The van der Waals surface area contributed by atoms with Gasteiger partial charge in [0.05, 0.1) is 10.5 Å². The van der Waals surface area contributed by atoms with E-state index >= 15 is 0 Å². The molecule has 8 heteroatoms. The van der Waals surface area contributed by atoms with E-state index in [1.54, 1.807) is 0 Å². The number of amides is 1. The van der Waals surface area contributed by atoms with Crippen molar-refractivity contribution >= 4 is 21.9 Å². The van der Waals surface area contributed by atoms with Gasteiger partial charge in [-0.15, -0.1) is 0 Å². The van der Waals surface area contributed by atoms with Crippen molar-refractivity contribution in [2.75, 3.05) is 19.7 Å². The number of benzene rings is 1. The van der Waals surface area contributed by atoms with Crippen LogP contribution >= 0.6 is 0 Å². The number of sulfonamides is 1. The van der Waals surface area contributed by atoms with Crippen LogP contribution in [0.1, 0.15) is 51.4 Å². The lowest BCUT2D eigenvalue weighted by molar-refractivity contribution is -0.125. The molecule has 7 nitrogen and oxygen atoms in total. The zero-order chi connectivity index (χ0) is 21.8. The van der Waals surface area contributed by atoms with Gasteiger partial charge in [-0.3, -0.25) is 4.79 Å². The molecule has 1 saturated heterocycles. The van der Waals surface area contributed by atoms with Gasteiger partial charge in [0, 0.05) is 19.1 Å². The Bertz CT molecular complexity index is 810. The Morgan fingerprint density at radius 3 is 2.17 bits per heavy atom. The quantitative estimate of drug-likeness (QED) is 0.680. The molecule has 1 amide bonds. The number of rotatable bonds is 7. The normalized spacial score (nSPS) is 21.6. The average molecular weight is 425 g/mol. The highest BCUT2D eigenvalue weighted by molar-refractivity contribution is 7.89. The van der Waals surface area contributed by atoms with Gasteiger partial charge < -0.3 is 10.1 Å². The van der Waals surface area contributed by atoms with Crippen molar-refractivity contribution in [2.45, 2.75) is 52.0 Å². The van der Waals surface area contributed by atoms with Crippen molar-refractivity contribution in [2.24, 2.45) is 17.8 Å². The second-order valence-electron chi connectivity index (χ2n) is 8.47. The van der Waals surface area contributed by atoms with Gasteiger partial charge in [-0.25, -0.2) is 13.2 Å². The van der Waals surface area contributed by atoms with E-state index in [0.717, 1.165) is 6.42 Å². The molecule has 2 rings (SSSR count). The maximum Gasteiger partial charge on any atom is 0.338 e. The molecule has 162 valence electrons. The first-order chi connectivity index (χ1) is 13.5. The van der Waals surface area contributed by atoms with Crippen molar-refractivity contribution in [1.29, 1.82) is 0 Å². The Labute approximate surface area is 173 Å². The van der Waals surface area contributed by atoms with Crippen LogP contribution in [0.25, 0.3) is 0 Å². The minimum Gasteiger partial charge on any atom is -0.452 e. The molecule has 3 atom stereocenters. The van der Waals surface area contributed by atoms with E-state index in [-0.39, 0.29) is 34.9 Å². The predicted octanol–water partition coefficient (Wildman–Crippen LogP) is 2.67. The van der Waals surface area contributed by atoms with Crippen molar-refractivity contribution in [3.05, 3.63) is 29.8 Å². The number of hydrogen-bond acceptors (Lipinski definition) is 5. The Balaban J connectivity index is 1.98. The summed E-state index contributed by atoms with van der Waals surface area (Å²) in [5, 5.41) is 2.76. The van der Waals surface area contributed by atoms with Crippen molar-refractivity contribution in [3.8, 4) is 0 Å². The molecule has 1 aliphatic heterocycles. The number of hydrogen-bond donors (Lipinski definition) is 1. The molecular weight excluding hydrogens is 392 g/mol. The molecule has 0 unspecified atom stereocenters. The number of nitrogens with one attached hydrogen (secondary N) is 1. The first-order valence-electron chi connectivity index (χ1n) is 10.1. The third-order valence-electron chi connectivity index (χ3n) is 5.29. The molecule has 0 radical (unpaired) electrons. The summed E-state index contributed by atoms with van der Waals surface area (Å²) in [6.45, 7) is 10.6. The molecule has 0 aromatic heterocycles. The summed E-state index contributed by atoms with van der Waals surface area (Å²) in [7, 11) is -3.60. The van der Waals surface area contributed by atoms with E-state index in [1.807, 2.05) is 20.8 Å². The highest BCUT2D eigenvalue weighted by Crippen LogP contribution is 2.26. The summed E-state index contributed by atoms with van der Waals surface area (Å²) in [6.07, 6.45) is 1.01. The number of ether oxygens (including phenoxy) is 1. The predicted molar refractivity (Wildman–Crippen MR) is 111 cm³/mol. The van der Waals surface area contributed by atoms with Crippen LogP contribution < -0.4 is 5.32 Å². The van der Waals surface area contributed by atoms with E-state index < -0.39 is 16.0 Å². The van der Waals surface area contributed by atoms with Gasteiger partial charge in [-0.05, 0) is 55.4 Å². The number of nitrogens with zero attached hydrogens (tertiary/aromatic N) is 1. The summed E-state index contributed by atoms with van der Waals surface area (Å²) in [6, 6.07) is 5.64. The highest BCUT2D eigenvalue weighted by Gasteiger charge is 2.31. The van der Waals surface area contributed by atoms with Gasteiger partial charge in [0.1, 0.15) is 0 Å². The van der Waals surface area contributed by atoms with Crippen LogP contribution in [0.15, 0.2) is 29.2 Å². The molecule has 0 spiro atoms. The SMILES string of the molecule is CC(C)[C@H](C)NC(=O)COC(=O)c1ccc(S(=O)(=O)N2C[C@H](C)C[C@@H](C)C2)cc1. The van der Waals surface area contributed by atoms with E-state index in [1.165, 1.54) is 28.6 Å². The second-order valence-corrected chi connectivity index (χ2v) is 10.4. The summed E-state index contributed by atoms with van der Waals surface area (Å²) in [5.41, 5.74) is 0.203. The fourth-order valence-corrected chi connectivity index (χ4v) is 5.07. The van der Waals surface area contributed by atoms with E-state index in [0.29, 0.717) is 24.9 Å². The van der Waals surface area contributed by atoms with Crippen LogP contribution in [0, 0.1) is 17.8 Å². The van der Waals surface area contributed by atoms with Crippen LogP contribution in [0.2, 0.25) is 0 Å². The molecule has 1 heterocycles. The van der Waals surface area contributed by atoms with Crippen LogP contribution in [0.3, 0.4) is 0 Å². The molecule has 1 N–H and O–H groups in total. The van der Waals surface area contributed by atoms with E-state index in [4.69, 9.17) is 4.74 Å². The molecule has 1 aromatic rings. The maximum absolute atomic E-state index is 12.9. The third-order valence-corrected chi connectivity index (χ3v) is 7.13. The van der Waals surface area contributed by atoms with Gasteiger partial charge in [0.25, 0.3) is 5.91 Å². The Hall–Kier alpha value is -1.93. The van der Waals surface area contributed by atoms with E-state index in [9.17, 15) is 18.0 Å². The van der Waals surface area contributed by atoms with Crippen LogP contribution in [-0.4, -0.2) is 50.3 Å². The lowest BCUT2D eigenvalue weighted by atomic mass is 9.94. The molecule has 1 aliphatic rings. The Kier molecular flexibility index (Phi) is 7.82. The van der Waals surface area contributed by atoms with Crippen LogP contribution in [0.5, 0.6) is 0 Å². The monoisotopic (exact) mass is 424 g/mol. The molecule has 0 bridgehead atoms. The fraction of sp³-hybridized carbons (Fsp3) is 0.619.